The van der Waals surface area contributed by atoms with Crippen LogP contribution in [0.2, 0.25) is 5.02 Å². The van der Waals surface area contributed by atoms with Crippen LogP contribution in [0.1, 0.15) is 0 Å². The van der Waals surface area contributed by atoms with Gasteiger partial charge in [-0.25, -0.2) is 8.42 Å². The van der Waals surface area contributed by atoms with Crippen LogP contribution in [-0.4, -0.2) is 44.0 Å². The molecule has 1 aliphatic rings. The molecular formula is C9H11ClN2O3S2. The first kappa shape index (κ1) is 13.0. The van der Waals surface area contributed by atoms with E-state index in [1.165, 1.54) is 16.7 Å². The Morgan fingerprint density at radius 1 is 1.35 bits per heavy atom. The Bertz CT molecular complexity index is 564. The lowest BCUT2D eigenvalue weighted by Gasteiger charge is -2.25. The van der Waals surface area contributed by atoms with Crippen molar-refractivity contribution in [3.63, 3.8) is 0 Å². The summed E-state index contributed by atoms with van der Waals surface area (Å²) < 4.78 is 31.2. The molecule has 2 rings (SSSR count). The predicted molar refractivity (Wildman–Crippen MR) is 66.2 cm³/mol. The first-order valence-electron chi connectivity index (χ1n) is 4.98. The summed E-state index contributed by atoms with van der Waals surface area (Å²) in [6.45, 7) is 1.47. The number of nitrogens with zero attached hydrogens (tertiary/aromatic N) is 1. The van der Waals surface area contributed by atoms with Gasteiger partial charge < -0.3 is 9.72 Å². The Morgan fingerprint density at radius 2 is 2.00 bits per heavy atom. The summed E-state index contributed by atoms with van der Waals surface area (Å²) >= 11 is 10.8. The number of halogens is 1. The van der Waals surface area contributed by atoms with E-state index in [0.717, 1.165) is 0 Å². The van der Waals surface area contributed by atoms with Gasteiger partial charge in [-0.05, 0) is 0 Å². The normalized spacial score (nSPS) is 18.2. The number of rotatable bonds is 2. The van der Waals surface area contributed by atoms with E-state index in [2.05, 4.69) is 4.98 Å². The highest BCUT2D eigenvalue weighted by molar-refractivity contribution is 7.89. The standard InChI is InChI=1S/C9H11ClN2O3S2/c10-7-5-11-6-8(9(7)16)17(13,14)12-1-3-15-4-2-12/h5-6H,1-4H2,(H,11,16). The van der Waals surface area contributed by atoms with Crippen molar-refractivity contribution in [2.24, 2.45) is 0 Å². The second-order valence-electron chi connectivity index (χ2n) is 3.51. The van der Waals surface area contributed by atoms with E-state index in [4.69, 9.17) is 28.6 Å². The maximum absolute atomic E-state index is 12.3. The highest BCUT2D eigenvalue weighted by Crippen LogP contribution is 2.21. The molecule has 0 bridgehead atoms. The molecule has 17 heavy (non-hydrogen) atoms. The molecule has 0 saturated carbocycles. The van der Waals surface area contributed by atoms with Crippen LogP contribution in [-0.2, 0) is 14.8 Å². The zero-order valence-electron chi connectivity index (χ0n) is 8.85. The molecule has 8 heteroatoms. The summed E-state index contributed by atoms with van der Waals surface area (Å²) in [5, 5.41) is 0.231. The summed E-state index contributed by atoms with van der Waals surface area (Å²) in [4.78, 5) is 2.72. The van der Waals surface area contributed by atoms with Gasteiger partial charge in [-0.3, -0.25) is 0 Å². The number of H-pyrrole nitrogens is 1. The molecule has 94 valence electrons. The lowest BCUT2D eigenvalue weighted by atomic mass is 10.5. The Kier molecular flexibility index (Phi) is 3.84. The van der Waals surface area contributed by atoms with Gasteiger partial charge in [0.15, 0.2) is 0 Å². The highest BCUT2D eigenvalue weighted by Gasteiger charge is 2.27. The molecule has 1 aliphatic heterocycles. The number of morpholine rings is 1. The van der Waals surface area contributed by atoms with Gasteiger partial charge in [0.05, 0.1) is 22.7 Å². The number of ether oxygens (including phenoxy) is 1. The molecule has 0 unspecified atom stereocenters. The quantitative estimate of drug-likeness (QED) is 0.838. The minimum absolute atomic E-state index is 0.0434. The predicted octanol–water partition coefficient (Wildman–Crippen LogP) is 1.42. The van der Waals surface area contributed by atoms with Gasteiger partial charge in [0.25, 0.3) is 0 Å². The molecule has 1 saturated heterocycles. The second-order valence-corrected chi connectivity index (χ2v) is 6.23. The van der Waals surface area contributed by atoms with Crippen molar-refractivity contribution >= 4 is 33.8 Å². The minimum atomic E-state index is -3.58. The van der Waals surface area contributed by atoms with Gasteiger partial charge in [-0.15, -0.1) is 0 Å². The molecule has 0 amide bonds. The number of nitrogens with one attached hydrogen (secondary N) is 1. The Morgan fingerprint density at radius 3 is 2.65 bits per heavy atom. The molecule has 1 aromatic heterocycles. The average Bonchev–Trinajstić information content (AvgIpc) is 2.33. The number of pyridine rings is 1. The van der Waals surface area contributed by atoms with Crippen LogP contribution < -0.4 is 0 Å². The molecular weight excluding hydrogens is 284 g/mol. The molecule has 0 aliphatic carbocycles. The fourth-order valence-electron chi connectivity index (χ4n) is 1.56. The fourth-order valence-corrected chi connectivity index (χ4v) is 3.68. The van der Waals surface area contributed by atoms with Gasteiger partial charge in [0, 0.05) is 25.5 Å². The highest BCUT2D eigenvalue weighted by atomic mass is 35.5. The summed E-state index contributed by atoms with van der Waals surface area (Å²) in [7, 11) is -3.58. The van der Waals surface area contributed by atoms with Crippen molar-refractivity contribution in [1.82, 2.24) is 9.29 Å². The van der Waals surface area contributed by atoms with Gasteiger partial charge >= 0.3 is 0 Å². The van der Waals surface area contributed by atoms with Crippen LogP contribution in [0, 0.1) is 4.51 Å². The van der Waals surface area contributed by atoms with Gasteiger partial charge in [-0.1, -0.05) is 23.8 Å². The van der Waals surface area contributed by atoms with Gasteiger partial charge in [0.1, 0.15) is 4.90 Å². The SMILES string of the molecule is O=S(=O)(c1c[nH]cc(Cl)c1=S)N1CCOCC1. The van der Waals surface area contributed by atoms with Gasteiger partial charge in [-0.2, -0.15) is 4.31 Å². The largest absolute Gasteiger partial charge is 0.379 e. The number of aromatic nitrogens is 1. The van der Waals surface area contributed by atoms with Crippen molar-refractivity contribution in [3.05, 3.63) is 21.9 Å². The van der Waals surface area contributed by atoms with Crippen LogP contribution in [0.5, 0.6) is 0 Å². The van der Waals surface area contributed by atoms with E-state index in [9.17, 15) is 8.42 Å². The molecule has 2 heterocycles. The summed E-state index contributed by atoms with van der Waals surface area (Å²) in [5.74, 6) is 0. The third-order valence-corrected chi connectivity index (χ3v) is 5.36. The van der Waals surface area contributed by atoms with Crippen LogP contribution in [0.25, 0.3) is 0 Å². The number of hydrogen-bond acceptors (Lipinski definition) is 4. The van der Waals surface area contributed by atoms with Gasteiger partial charge in [0.2, 0.25) is 10.0 Å². The van der Waals surface area contributed by atoms with E-state index < -0.39 is 10.0 Å². The third kappa shape index (κ3) is 2.53. The lowest BCUT2D eigenvalue weighted by Crippen LogP contribution is -2.40. The van der Waals surface area contributed by atoms with E-state index in [-0.39, 0.29) is 14.4 Å². The zero-order chi connectivity index (χ0) is 12.5. The van der Waals surface area contributed by atoms with Crippen LogP contribution in [0.4, 0.5) is 0 Å². The van der Waals surface area contributed by atoms with E-state index in [0.29, 0.717) is 26.3 Å². The molecule has 0 aromatic carbocycles. The maximum Gasteiger partial charge on any atom is 0.246 e. The molecule has 0 atom stereocenters. The number of aromatic amines is 1. The molecule has 1 fully saturated rings. The fraction of sp³-hybridized carbons (Fsp3) is 0.444. The third-order valence-electron chi connectivity index (χ3n) is 2.45. The molecule has 1 aromatic rings. The van der Waals surface area contributed by atoms with E-state index in [1.54, 1.807) is 0 Å². The minimum Gasteiger partial charge on any atom is -0.379 e. The smallest absolute Gasteiger partial charge is 0.246 e. The first-order chi connectivity index (χ1) is 8.03. The number of sulfonamides is 1. The van der Waals surface area contributed by atoms with Crippen LogP contribution in [0.3, 0.4) is 0 Å². The molecule has 0 spiro atoms. The van der Waals surface area contributed by atoms with Crippen molar-refractivity contribution in [2.75, 3.05) is 26.3 Å². The zero-order valence-corrected chi connectivity index (χ0v) is 11.2. The summed E-state index contributed by atoms with van der Waals surface area (Å²) in [6, 6.07) is 0. The van der Waals surface area contributed by atoms with Crippen molar-refractivity contribution in [1.29, 1.82) is 0 Å². The molecule has 0 radical (unpaired) electrons. The van der Waals surface area contributed by atoms with Crippen LogP contribution >= 0.6 is 23.8 Å². The Balaban J connectivity index is 2.44. The second kappa shape index (κ2) is 5.03. The van der Waals surface area contributed by atoms with Crippen molar-refractivity contribution < 1.29 is 13.2 Å². The van der Waals surface area contributed by atoms with Crippen molar-refractivity contribution in [2.45, 2.75) is 4.90 Å². The summed E-state index contributed by atoms with van der Waals surface area (Å²) in [5.41, 5.74) is 0. The van der Waals surface area contributed by atoms with Crippen molar-refractivity contribution in [3.8, 4) is 0 Å². The van der Waals surface area contributed by atoms with E-state index in [1.807, 2.05) is 0 Å². The Hall–Kier alpha value is -0.470. The maximum atomic E-state index is 12.3. The monoisotopic (exact) mass is 294 g/mol. The lowest BCUT2D eigenvalue weighted by molar-refractivity contribution is 0.0730. The number of hydrogen-bond donors (Lipinski definition) is 1. The van der Waals surface area contributed by atoms with E-state index >= 15 is 0 Å². The average molecular weight is 295 g/mol. The molecule has 1 N–H and O–H groups in total. The topological polar surface area (TPSA) is 62.4 Å². The van der Waals surface area contributed by atoms with Crippen LogP contribution in [0.15, 0.2) is 17.3 Å². The first-order valence-corrected chi connectivity index (χ1v) is 7.20. The Labute approximate surface area is 109 Å². The summed E-state index contributed by atoms with van der Waals surface area (Å²) in [6.07, 6.45) is 2.82. The molecule has 5 nitrogen and oxygen atoms in total.